The highest BCUT2D eigenvalue weighted by Crippen LogP contribution is 2.32. The van der Waals surface area contributed by atoms with Gasteiger partial charge in [0.25, 0.3) is 0 Å². The molecule has 3 rings (SSSR count). The van der Waals surface area contributed by atoms with Crippen LogP contribution in [-0.4, -0.2) is 74.5 Å². The van der Waals surface area contributed by atoms with Crippen molar-refractivity contribution in [3.63, 3.8) is 0 Å². The van der Waals surface area contributed by atoms with Gasteiger partial charge in [-0.05, 0) is 81.1 Å². The molecule has 182 valence electrons. The fraction of sp³-hybridized carbons (Fsp3) is 0.857. The minimum absolute atomic E-state index is 0.0353. The molecule has 3 heterocycles. The van der Waals surface area contributed by atoms with E-state index in [1.807, 2.05) is 0 Å². The van der Waals surface area contributed by atoms with Crippen LogP contribution >= 0.6 is 0 Å². The molecule has 0 aliphatic carbocycles. The third kappa shape index (κ3) is 7.18. The van der Waals surface area contributed by atoms with Gasteiger partial charge in [0.2, 0.25) is 17.8 Å². The van der Waals surface area contributed by atoms with Crippen LogP contribution in [-0.2, 0) is 0 Å². The lowest BCUT2D eigenvalue weighted by atomic mass is 9.79. The summed E-state index contributed by atoms with van der Waals surface area (Å²) in [6, 6.07) is 0.307. The Morgan fingerprint density at radius 2 is 1.03 bits per heavy atom. The Bertz CT molecular complexity index is 742. The highest BCUT2D eigenvalue weighted by Gasteiger charge is 2.39. The van der Waals surface area contributed by atoms with Gasteiger partial charge in [0, 0.05) is 34.2 Å². The summed E-state index contributed by atoms with van der Waals surface area (Å²) < 4.78 is 1.05. The van der Waals surface area contributed by atoms with E-state index < -0.39 is 0 Å². The Hall–Kier alpha value is -1.62. The molecule has 10 nitrogen and oxygen atoms in total. The molecule has 0 spiro atoms. The zero-order chi connectivity index (χ0) is 24.7. The first-order chi connectivity index (χ1) is 15.1. The van der Waals surface area contributed by atoms with E-state index >= 15 is 0 Å². The summed E-state index contributed by atoms with van der Waals surface area (Å²) in [5.74, 6) is 0.934. The number of rotatable bonds is 7. The molecule has 2 aliphatic heterocycles. The average Bonchev–Trinajstić information content (AvgIpc) is 2.56. The summed E-state index contributed by atoms with van der Waals surface area (Å²) in [5, 5.41) is 33.4. The van der Waals surface area contributed by atoms with E-state index in [1.165, 1.54) is 0 Å². The molecule has 33 heavy (non-hydrogen) atoms. The highest BCUT2D eigenvalue weighted by atomic mass is 16.2. The smallest absolute Gasteiger partial charge is 0.426 e. The third-order valence-corrected chi connectivity index (χ3v) is 6.15. The molecule has 0 bridgehead atoms. The van der Waals surface area contributed by atoms with E-state index in [4.69, 9.17) is 0 Å². The maximum atomic E-state index is 9.53. The van der Waals surface area contributed by atoms with Crippen LogP contribution in [0.5, 0.6) is 0 Å². The lowest BCUT2D eigenvalue weighted by Crippen LogP contribution is -2.60. The predicted octanol–water partition coefficient (Wildman–Crippen LogP) is 1.17. The first-order valence-corrected chi connectivity index (χ1v) is 11.7. The lowest BCUT2D eigenvalue weighted by Gasteiger charge is -2.47. The summed E-state index contributed by atoms with van der Waals surface area (Å²) in [6.07, 6.45) is 3.61. The molecule has 1 aromatic heterocycles. The number of hydrogen-bond acceptors (Lipinski definition) is 10. The minimum Gasteiger partial charge on any atom is -0.435 e. The van der Waals surface area contributed by atoms with E-state index in [0.29, 0.717) is 11.9 Å². The summed E-state index contributed by atoms with van der Waals surface area (Å²) in [5.41, 5.74) is -0.141. The fourth-order valence-electron chi connectivity index (χ4n) is 5.96. The van der Waals surface area contributed by atoms with E-state index in [-0.39, 0.29) is 40.2 Å². The molecule has 0 unspecified atom stereocenters. The van der Waals surface area contributed by atoms with Gasteiger partial charge in [-0.25, -0.2) is 0 Å². The van der Waals surface area contributed by atoms with E-state index in [9.17, 15) is 10.0 Å². The summed E-state index contributed by atoms with van der Waals surface area (Å²) in [4.78, 5) is 13.6. The molecule has 2 saturated heterocycles. The Kier molecular flexibility index (Phi) is 7.25. The maximum Gasteiger partial charge on any atom is 0.426 e. The highest BCUT2D eigenvalue weighted by molar-refractivity contribution is 6.55. The second-order valence-corrected chi connectivity index (χ2v) is 12.2. The molecule has 12 heteroatoms. The Morgan fingerprint density at radius 3 is 1.33 bits per heavy atom. The van der Waals surface area contributed by atoms with Crippen molar-refractivity contribution in [1.29, 1.82) is 0 Å². The van der Waals surface area contributed by atoms with Crippen LogP contribution in [0.1, 0.15) is 81.1 Å². The zero-order valence-corrected chi connectivity index (χ0v) is 21.3. The number of nitrogens with one attached hydrogen (secondary N) is 4. The first kappa shape index (κ1) is 26.0. The molecule has 2 radical (unpaired) electrons. The monoisotopic (exact) mass is 458 g/mol. The van der Waals surface area contributed by atoms with Crippen molar-refractivity contribution >= 4 is 33.1 Å². The zero-order valence-electron chi connectivity index (χ0n) is 21.3. The molecule has 6 N–H and O–H groups in total. The maximum absolute atomic E-state index is 9.53. The van der Waals surface area contributed by atoms with E-state index in [2.05, 4.69) is 91.6 Å². The van der Waals surface area contributed by atoms with Crippen molar-refractivity contribution in [2.24, 2.45) is 0 Å². The van der Waals surface area contributed by atoms with Gasteiger partial charge in [-0.15, -0.1) is 0 Å². The van der Waals surface area contributed by atoms with Gasteiger partial charge in [-0.1, -0.05) is 0 Å². The topological polar surface area (TPSA) is 130 Å². The molecule has 0 saturated carbocycles. The molecular weight excluding hydrogens is 418 g/mol. The van der Waals surface area contributed by atoms with Crippen LogP contribution in [0.4, 0.5) is 17.8 Å². The number of hydrogen-bond donors (Lipinski definition) is 6. The normalized spacial score (nSPS) is 24.1. The van der Waals surface area contributed by atoms with Gasteiger partial charge in [-0.3, -0.25) is 0 Å². The molecule has 2 aliphatic rings. The van der Waals surface area contributed by atoms with E-state index in [0.717, 1.165) is 45.6 Å². The van der Waals surface area contributed by atoms with Gasteiger partial charge in [0.15, 0.2) is 0 Å². The largest absolute Gasteiger partial charge is 0.435 e. The minimum atomic E-state index is -0.0353. The van der Waals surface area contributed by atoms with Gasteiger partial charge in [0.05, 0.1) is 0 Å². The molecular formula is C21H40B2N8O2. The predicted molar refractivity (Wildman–Crippen MR) is 134 cm³/mol. The van der Waals surface area contributed by atoms with Crippen molar-refractivity contribution in [3.8, 4) is 0 Å². The fourth-order valence-corrected chi connectivity index (χ4v) is 5.96. The van der Waals surface area contributed by atoms with Crippen molar-refractivity contribution in [2.45, 2.75) is 115 Å². The van der Waals surface area contributed by atoms with Crippen LogP contribution in [0.25, 0.3) is 0 Å². The molecule has 1 aromatic rings. The second-order valence-electron chi connectivity index (χ2n) is 12.2. The van der Waals surface area contributed by atoms with E-state index in [1.54, 1.807) is 0 Å². The molecule has 0 amide bonds. The molecule has 0 atom stereocenters. The Morgan fingerprint density at radius 1 is 0.697 bits per heavy atom. The lowest BCUT2D eigenvalue weighted by molar-refractivity contribution is 0.170. The van der Waals surface area contributed by atoms with Crippen LogP contribution in [0, 0.1) is 0 Å². The number of piperidine rings is 2. The summed E-state index contributed by atoms with van der Waals surface area (Å²) >= 11 is 0. The van der Waals surface area contributed by atoms with Crippen LogP contribution in [0.3, 0.4) is 0 Å². The van der Waals surface area contributed by atoms with Crippen molar-refractivity contribution in [2.75, 3.05) is 15.4 Å². The quantitative estimate of drug-likeness (QED) is 0.331. The van der Waals surface area contributed by atoms with Crippen LogP contribution in [0.15, 0.2) is 0 Å². The van der Waals surface area contributed by atoms with Crippen LogP contribution in [0.2, 0.25) is 0 Å². The Labute approximate surface area is 199 Å². The molecule has 2 fully saturated rings. The van der Waals surface area contributed by atoms with Crippen molar-refractivity contribution in [3.05, 3.63) is 0 Å². The van der Waals surface area contributed by atoms with Gasteiger partial charge >= 0.3 is 15.2 Å². The number of aromatic nitrogens is 3. The number of nitrogens with zero attached hydrogens (tertiary/aromatic N) is 4. The van der Waals surface area contributed by atoms with Crippen molar-refractivity contribution < 1.29 is 10.0 Å². The van der Waals surface area contributed by atoms with Gasteiger partial charge in [0.1, 0.15) is 0 Å². The average molecular weight is 458 g/mol. The summed E-state index contributed by atoms with van der Waals surface area (Å²) in [7, 11) is 1.44. The van der Waals surface area contributed by atoms with Gasteiger partial charge < -0.3 is 36.0 Å². The SMILES string of the molecule is CC1(C)CC(Nc2nc(NC3CC(C)(C)NC(C)(C)C3)nc(N([B]O)[B]O)n2)CC(C)(C)N1. The second kappa shape index (κ2) is 9.20. The van der Waals surface area contributed by atoms with Crippen molar-refractivity contribution in [1.82, 2.24) is 25.6 Å². The van der Waals surface area contributed by atoms with Crippen LogP contribution < -0.4 is 26.0 Å². The first-order valence-electron chi connectivity index (χ1n) is 11.7. The van der Waals surface area contributed by atoms with Gasteiger partial charge in [-0.2, -0.15) is 15.0 Å². The number of anilines is 3. The third-order valence-electron chi connectivity index (χ3n) is 6.15. The standard InChI is InChI=1S/C21H40B2N8O2/c1-18(2)9-13(10-19(3,4)29-18)24-15-26-16(28-17(27-15)31(22-32)23-33)25-14-11-20(5,6)30-21(7,8)12-14/h13-14,29-30,32-33H,9-12H2,1-8H3,(H2,24,25,26,27,28). The summed E-state index contributed by atoms with van der Waals surface area (Å²) in [6.45, 7) is 17.5. The molecule has 0 aromatic carbocycles. The Balaban J connectivity index is 1.87.